The average Bonchev–Trinajstić information content (AvgIpc) is 2.39. The maximum Gasteiger partial charge on any atom is 0.0593 e. The van der Waals surface area contributed by atoms with Gasteiger partial charge in [0.15, 0.2) is 0 Å². The summed E-state index contributed by atoms with van der Waals surface area (Å²) in [6, 6.07) is 0. The lowest BCUT2D eigenvalue weighted by Gasteiger charge is -2.10. The zero-order valence-corrected chi connectivity index (χ0v) is 13.5. The molecule has 3 nitrogen and oxygen atoms in total. The van der Waals surface area contributed by atoms with Crippen LogP contribution in [0, 0.1) is 0 Å². The molecule has 0 aliphatic rings. The predicted octanol–water partition coefficient (Wildman–Crippen LogP) is 3.29. The molecular weight excluding hydrogens is 236 g/mol. The van der Waals surface area contributed by atoms with Gasteiger partial charge in [0.1, 0.15) is 0 Å². The van der Waals surface area contributed by atoms with E-state index in [1.165, 1.54) is 51.4 Å². The Bertz CT molecular complexity index is 163. The summed E-state index contributed by atoms with van der Waals surface area (Å²) < 4.78 is 5.52. The summed E-state index contributed by atoms with van der Waals surface area (Å²) in [6.45, 7) is 7.10. The second-order valence-corrected chi connectivity index (χ2v) is 5.64. The Labute approximate surface area is 121 Å². The van der Waals surface area contributed by atoms with Crippen molar-refractivity contribution in [3.8, 4) is 0 Å². The van der Waals surface area contributed by atoms with Crippen molar-refractivity contribution in [2.75, 3.05) is 46.9 Å². The highest BCUT2D eigenvalue weighted by molar-refractivity contribution is 4.50. The van der Waals surface area contributed by atoms with Crippen LogP contribution in [-0.2, 0) is 4.74 Å². The van der Waals surface area contributed by atoms with Gasteiger partial charge in [0, 0.05) is 13.1 Å². The first-order chi connectivity index (χ1) is 9.27. The Balaban J connectivity index is 2.91. The zero-order chi connectivity index (χ0) is 14.2. The number of nitrogens with zero attached hydrogens (tertiary/aromatic N) is 1. The van der Waals surface area contributed by atoms with Crippen LogP contribution >= 0.6 is 0 Å². The van der Waals surface area contributed by atoms with Crippen molar-refractivity contribution < 1.29 is 4.74 Å². The molecule has 1 N–H and O–H groups in total. The molecule has 0 amide bonds. The topological polar surface area (TPSA) is 24.5 Å². The SMILES string of the molecule is CCCCCCCCCCNCCOCCN(C)C. The molecule has 116 valence electrons. The quantitative estimate of drug-likeness (QED) is 0.463. The molecule has 0 aromatic heterocycles. The van der Waals surface area contributed by atoms with Crippen LogP contribution in [-0.4, -0.2) is 51.8 Å². The fraction of sp³-hybridized carbons (Fsp3) is 1.00. The van der Waals surface area contributed by atoms with E-state index in [1.807, 2.05) is 0 Å². The molecule has 0 atom stereocenters. The van der Waals surface area contributed by atoms with Crippen LogP contribution in [0.5, 0.6) is 0 Å². The molecule has 19 heavy (non-hydrogen) atoms. The highest BCUT2D eigenvalue weighted by Gasteiger charge is 1.93. The molecule has 0 saturated carbocycles. The van der Waals surface area contributed by atoms with Gasteiger partial charge in [0.25, 0.3) is 0 Å². The lowest BCUT2D eigenvalue weighted by molar-refractivity contribution is 0.119. The van der Waals surface area contributed by atoms with Crippen LogP contribution in [0.4, 0.5) is 0 Å². The third kappa shape index (κ3) is 17.9. The molecule has 0 bridgehead atoms. The minimum absolute atomic E-state index is 0.838. The van der Waals surface area contributed by atoms with E-state index in [1.54, 1.807) is 0 Å². The number of hydrogen-bond donors (Lipinski definition) is 1. The molecule has 3 heteroatoms. The maximum absolute atomic E-state index is 5.52. The number of likely N-dealkylation sites (N-methyl/N-ethyl adjacent to an activating group) is 1. The van der Waals surface area contributed by atoms with Gasteiger partial charge in [0.05, 0.1) is 13.2 Å². The molecule has 0 saturated heterocycles. The van der Waals surface area contributed by atoms with E-state index < -0.39 is 0 Å². The average molecular weight is 272 g/mol. The highest BCUT2D eigenvalue weighted by atomic mass is 16.5. The van der Waals surface area contributed by atoms with Crippen molar-refractivity contribution in [2.45, 2.75) is 58.3 Å². The first-order valence-corrected chi connectivity index (χ1v) is 8.20. The highest BCUT2D eigenvalue weighted by Crippen LogP contribution is 2.07. The van der Waals surface area contributed by atoms with Crippen LogP contribution < -0.4 is 5.32 Å². The summed E-state index contributed by atoms with van der Waals surface area (Å²) in [5, 5.41) is 3.45. The monoisotopic (exact) mass is 272 g/mol. The van der Waals surface area contributed by atoms with Crippen LogP contribution in [0.25, 0.3) is 0 Å². The number of rotatable bonds is 15. The van der Waals surface area contributed by atoms with Gasteiger partial charge in [-0.15, -0.1) is 0 Å². The van der Waals surface area contributed by atoms with E-state index in [0.717, 1.165) is 32.8 Å². The number of ether oxygens (including phenoxy) is 1. The lowest BCUT2D eigenvalue weighted by Crippen LogP contribution is -2.23. The summed E-state index contributed by atoms with van der Waals surface area (Å²) in [5.41, 5.74) is 0. The Morgan fingerprint density at radius 3 is 2.05 bits per heavy atom. The molecule has 0 radical (unpaired) electrons. The Kier molecular flexibility index (Phi) is 15.8. The first kappa shape index (κ1) is 18.9. The van der Waals surface area contributed by atoms with Gasteiger partial charge in [-0.05, 0) is 27.1 Å². The largest absolute Gasteiger partial charge is 0.379 e. The zero-order valence-electron chi connectivity index (χ0n) is 13.5. The predicted molar refractivity (Wildman–Crippen MR) is 84.9 cm³/mol. The fourth-order valence-electron chi connectivity index (χ4n) is 2.00. The third-order valence-electron chi connectivity index (χ3n) is 3.31. The minimum atomic E-state index is 0.838. The van der Waals surface area contributed by atoms with Gasteiger partial charge >= 0.3 is 0 Å². The molecule has 0 heterocycles. The standard InChI is InChI=1S/C16H36N2O/c1-4-5-6-7-8-9-10-11-12-17-13-15-19-16-14-18(2)3/h17H,4-16H2,1-3H3. The second-order valence-electron chi connectivity index (χ2n) is 5.64. The van der Waals surface area contributed by atoms with Crippen LogP contribution in [0.15, 0.2) is 0 Å². The first-order valence-electron chi connectivity index (χ1n) is 8.20. The summed E-state index contributed by atoms with van der Waals surface area (Å²) in [6.07, 6.45) is 11.1. The fourth-order valence-corrected chi connectivity index (χ4v) is 2.00. The van der Waals surface area contributed by atoms with Crippen molar-refractivity contribution in [2.24, 2.45) is 0 Å². The smallest absolute Gasteiger partial charge is 0.0593 e. The summed E-state index contributed by atoms with van der Waals surface area (Å²) in [7, 11) is 4.15. The van der Waals surface area contributed by atoms with E-state index in [4.69, 9.17) is 4.74 Å². The van der Waals surface area contributed by atoms with Crippen molar-refractivity contribution in [1.29, 1.82) is 0 Å². The molecule has 0 aliphatic carbocycles. The van der Waals surface area contributed by atoms with Crippen LogP contribution in [0.2, 0.25) is 0 Å². The van der Waals surface area contributed by atoms with E-state index in [-0.39, 0.29) is 0 Å². The molecule has 0 rings (SSSR count). The lowest BCUT2D eigenvalue weighted by atomic mass is 10.1. The molecule has 0 unspecified atom stereocenters. The van der Waals surface area contributed by atoms with Crippen LogP contribution in [0.1, 0.15) is 58.3 Å². The second kappa shape index (κ2) is 15.9. The molecule has 0 spiro atoms. The number of nitrogens with one attached hydrogen (secondary N) is 1. The summed E-state index contributed by atoms with van der Waals surface area (Å²) >= 11 is 0. The molecule has 0 aromatic carbocycles. The van der Waals surface area contributed by atoms with Gasteiger partial charge in [0.2, 0.25) is 0 Å². The van der Waals surface area contributed by atoms with Crippen molar-refractivity contribution in [1.82, 2.24) is 10.2 Å². The van der Waals surface area contributed by atoms with E-state index in [2.05, 4.69) is 31.2 Å². The molecule has 0 aliphatic heterocycles. The van der Waals surface area contributed by atoms with Gasteiger partial charge in [-0.3, -0.25) is 0 Å². The summed E-state index contributed by atoms with van der Waals surface area (Å²) in [4.78, 5) is 2.15. The van der Waals surface area contributed by atoms with Crippen molar-refractivity contribution in [3.05, 3.63) is 0 Å². The Morgan fingerprint density at radius 2 is 1.42 bits per heavy atom. The Hall–Kier alpha value is -0.120. The molecule has 0 fully saturated rings. The van der Waals surface area contributed by atoms with Crippen LogP contribution in [0.3, 0.4) is 0 Å². The molecule has 0 aromatic rings. The normalized spacial score (nSPS) is 11.4. The summed E-state index contributed by atoms with van der Waals surface area (Å²) in [5.74, 6) is 0. The van der Waals surface area contributed by atoms with Crippen molar-refractivity contribution >= 4 is 0 Å². The Morgan fingerprint density at radius 1 is 0.789 bits per heavy atom. The minimum Gasteiger partial charge on any atom is -0.379 e. The van der Waals surface area contributed by atoms with Gasteiger partial charge in [-0.2, -0.15) is 0 Å². The molecular formula is C16H36N2O. The van der Waals surface area contributed by atoms with Crippen molar-refractivity contribution in [3.63, 3.8) is 0 Å². The van der Waals surface area contributed by atoms with E-state index in [0.29, 0.717) is 0 Å². The van der Waals surface area contributed by atoms with Gasteiger partial charge < -0.3 is 15.0 Å². The third-order valence-corrected chi connectivity index (χ3v) is 3.31. The maximum atomic E-state index is 5.52. The number of unbranched alkanes of at least 4 members (excludes halogenated alkanes) is 7. The van der Waals surface area contributed by atoms with Gasteiger partial charge in [-0.1, -0.05) is 51.9 Å². The van der Waals surface area contributed by atoms with E-state index in [9.17, 15) is 0 Å². The van der Waals surface area contributed by atoms with E-state index >= 15 is 0 Å². The van der Waals surface area contributed by atoms with Gasteiger partial charge in [-0.25, -0.2) is 0 Å². The number of hydrogen-bond acceptors (Lipinski definition) is 3.